The van der Waals surface area contributed by atoms with Gasteiger partial charge in [-0.3, -0.25) is 0 Å². The molecule has 4 aromatic rings. The average Bonchev–Trinajstić information content (AvgIpc) is 3.73. The van der Waals surface area contributed by atoms with E-state index in [1.165, 1.54) is 17.8 Å². The second kappa shape index (κ2) is 18.2. The normalized spacial score (nSPS) is 19.9. The van der Waals surface area contributed by atoms with Crippen LogP contribution in [-0.2, 0) is 0 Å². The van der Waals surface area contributed by atoms with E-state index in [9.17, 15) is 17.6 Å². The summed E-state index contributed by atoms with van der Waals surface area (Å²) >= 11 is 6.02. The number of hydrogen-bond donors (Lipinski definition) is 3. The molecule has 0 radical (unpaired) electrons. The third-order valence-corrected chi connectivity index (χ3v) is 11.0. The van der Waals surface area contributed by atoms with Crippen molar-refractivity contribution in [3.8, 4) is 11.9 Å². The molecule has 4 aliphatic rings. The Kier molecular flexibility index (Phi) is 13.6. The quantitative estimate of drug-likeness (QED) is 0.138. The molecule has 8 rings (SSSR count). The number of alkyl halides is 4. The monoisotopic (exact) mass is 818 g/mol. The Morgan fingerprint density at radius 1 is 0.684 bits per heavy atom. The predicted molar refractivity (Wildman–Crippen MR) is 214 cm³/mol. The highest BCUT2D eigenvalue weighted by Gasteiger charge is 2.36. The summed E-state index contributed by atoms with van der Waals surface area (Å²) in [6.45, 7) is 7.93. The van der Waals surface area contributed by atoms with Gasteiger partial charge in [-0.1, -0.05) is 11.6 Å². The molecule has 6 heterocycles. The van der Waals surface area contributed by atoms with Gasteiger partial charge in [-0.25, -0.2) is 26.9 Å². The van der Waals surface area contributed by atoms with Gasteiger partial charge in [0.2, 0.25) is 11.8 Å². The van der Waals surface area contributed by atoms with E-state index in [0.717, 1.165) is 36.3 Å². The lowest BCUT2D eigenvalue weighted by Gasteiger charge is -2.43. The molecule has 2 saturated carbocycles. The van der Waals surface area contributed by atoms with E-state index in [-0.39, 0.29) is 42.9 Å². The molecule has 57 heavy (non-hydrogen) atoms. The summed E-state index contributed by atoms with van der Waals surface area (Å²) in [7, 11) is 8.38. The molecule has 2 aliphatic carbocycles. The van der Waals surface area contributed by atoms with Crippen LogP contribution in [0.5, 0.6) is 0 Å². The van der Waals surface area contributed by atoms with Crippen LogP contribution in [0.2, 0.25) is 5.15 Å². The number of hydrogen-bond acceptors (Lipinski definition) is 12. The van der Waals surface area contributed by atoms with Crippen molar-refractivity contribution in [2.24, 2.45) is 0 Å². The Morgan fingerprint density at radius 3 is 1.53 bits per heavy atom. The predicted octanol–water partition coefficient (Wildman–Crippen LogP) is 5.84. The minimum absolute atomic E-state index is 0.000460. The standard InChI is InChI=1S/C19H27F2N7.C14H16ClF2N5.C5H12N2/c1-13-6-9-28(25-13)18-23-16(22-14-4-7-19(20,21)8-5-14)10-17(24-18)27-11-15(12-27)26(2)3;1-9-4-7-22(21-9)13-19-11(15)8-12(20-13)18-10-2-5-14(16,17)6-3-10;1-7(2)5-3-6-4-5/h6,9-10,14-15H,4-5,7-8,11-12H2,1-3H3,(H,22,23,24);4,7-8,10H,2-3,5-6H2,1H3,(H,18,19,20);5-6H,3-4H2,1-2H3. The van der Waals surface area contributed by atoms with Gasteiger partial charge < -0.3 is 30.7 Å². The molecule has 4 fully saturated rings. The fourth-order valence-electron chi connectivity index (χ4n) is 6.79. The SMILES string of the molecule is CN(C)C1CNC1.Cc1ccn(-c2nc(Cl)cc(NC3CCC(F)(F)CC3)n2)n1.Cc1ccn(-c2nc(NC3CCC(F)(F)CC3)cc(N3CC(N(C)C)C3)n2)n1. The maximum atomic E-state index is 13.5. The van der Waals surface area contributed by atoms with Crippen molar-refractivity contribution in [2.45, 2.75) is 101 Å². The van der Waals surface area contributed by atoms with Crippen molar-refractivity contribution in [2.75, 3.05) is 69.9 Å². The molecule has 3 N–H and O–H groups in total. The second-order valence-corrected chi connectivity index (χ2v) is 16.3. The molecule has 312 valence electrons. The zero-order valence-corrected chi connectivity index (χ0v) is 34.3. The van der Waals surface area contributed by atoms with Crippen molar-refractivity contribution >= 4 is 29.1 Å². The van der Waals surface area contributed by atoms with Crippen LogP contribution in [0.4, 0.5) is 35.0 Å². The molecule has 0 spiro atoms. The number of halogens is 5. The van der Waals surface area contributed by atoms with Gasteiger partial charge in [-0.05, 0) is 79.9 Å². The van der Waals surface area contributed by atoms with E-state index in [2.05, 4.69) is 89.0 Å². The van der Waals surface area contributed by atoms with Crippen LogP contribution in [0.15, 0.2) is 36.7 Å². The summed E-state index contributed by atoms with van der Waals surface area (Å²) in [4.78, 5) is 24.4. The van der Waals surface area contributed by atoms with E-state index in [0.29, 0.717) is 55.3 Å². The number of rotatable bonds is 9. The van der Waals surface area contributed by atoms with Crippen molar-refractivity contribution in [1.82, 2.24) is 54.6 Å². The van der Waals surface area contributed by atoms with Gasteiger partial charge in [-0.2, -0.15) is 30.1 Å². The van der Waals surface area contributed by atoms with Crippen LogP contribution < -0.4 is 20.9 Å². The van der Waals surface area contributed by atoms with Crippen LogP contribution in [-0.4, -0.2) is 140 Å². The second-order valence-electron chi connectivity index (χ2n) is 15.9. The minimum Gasteiger partial charge on any atom is -0.367 e. The fourth-order valence-corrected chi connectivity index (χ4v) is 6.97. The van der Waals surface area contributed by atoms with E-state index >= 15 is 0 Å². The number of aromatic nitrogens is 8. The van der Waals surface area contributed by atoms with Gasteiger partial charge >= 0.3 is 0 Å². The molecule has 2 aliphatic heterocycles. The van der Waals surface area contributed by atoms with Crippen molar-refractivity contribution < 1.29 is 17.6 Å². The molecule has 0 atom stereocenters. The Labute approximate surface area is 336 Å². The van der Waals surface area contributed by atoms with E-state index < -0.39 is 11.8 Å². The highest BCUT2D eigenvalue weighted by molar-refractivity contribution is 6.29. The first kappa shape index (κ1) is 42.5. The largest absolute Gasteiger partial charge is 0.367 e. The molecule has 0 unspecified atom stereocenters. The first-order valence-corrected chi connectivity index (χ1v) is 19.9. The Bertz CT molecular complexity index is 1890. The maximum Gasteiger partial charge on any atom is 0.254 e. The number of anilines is 3. The van der Waals surface area contributed by atoms with Gasteiger partial charge in [-0.15, -0.1) is 0 Å². The lowest BCUT2D eigenvalue weighted by Crippen LogP contribution is -2.57. The van der Waals surface area contributed by atoms with Crippen molar-refractivity contribution in [3.63, 3.8) is 0 Å². The molecule has 19 heteroatoms. The molecule has 2 saturated heterocycles. The lowest BCUT2D eigenvalue weighted by molar-refractivity contribution is -0.0366. The smallest absolute Gasteiger partial charge is 0.254 e. The molecule has 0 bridgehead atoms. The summed E-state index contributed by atoms with van der Waals surface area (Å²) in [5, 5.41) is 18.6. The van der Waals surface area contributed by atoms with Gasteiger partial charge in [0.25, 0.3) is 11.9 Å². The lowest BCUT2D eigenvalue weighted by atomic mass is 9.92. The van der Waals surface area contributed by atoms with Crippen LogP contribution in [0.3, 0.4) is 0 Å². The third kappa shape index (κ3) is 12.0. The summed E-state index contributed by atoms with van der Waals surface area (Å²) < 4.78 is 56.5. The highest BCUT2D eigenvalue weighted by Crippen LogP contribution is 2.35. The summed E-state index contributed by atoms with van der Waals surface area (Å²) in [5.41, 5.74) is 1.72. The summed E-state index contributed by atoms with van der Waals surface area (Å²) in [6, 6.07) is 8.52. The number of aryl methyl sites for hydroxylation is 2. The number of nitrogens with one attached hydrogen (secondary N) is 3. The van der Waals surface area contributed by atoms with Gasteiger partial charge in [0, 0.05) is 101 Å². The van der Waals surface area contributed by atoms with Crippen LogP contribution in [0.25, 0.3) is 11.9 Å². The Hall–Kier alpha value is -4.13. The fraction of sp³-hybridized carbons (Fsp3) is 0.632. The first-order valence-electron chi connectivity index (χ1n) is 19.6. The van der Waals surface area contributed by atoms with Crippen molar-refractivity contribution in [1.29, 1.82) is 0 Å². The summed E-state index contributed by atoms with van der Waals surface area (Å²) in [6.07, 6.45) is 4.90. The summed E-state index contributed by atoms with van der Waals surface area (Å²) in [5.74, 6) is -2.22. The van der Waals surface area contributed by atoms with Gasteiger partial charge in [0.15, 0.2) is 0 Å². The molecular formula is C38H55ClF4N14. The number of nitrogens with zero attached hydrogens (tertiary/aromatic N) is 11. The van der Waals surface area contributed by atoms with Crippen LogP contribution in [0.1, 0.15) is 62.8 Å². The van der Waals surface area contributed by atoms with Gasteiger partial charge in [0.1, 0.15) is 22.6 Å². The van der Waals surface area contributed by atoms with E-state index in [1.54, 1.807) is 16.9 Å². The molecule has 4 aromatic heterocycles. The Balaban J connectivity index is 0.000000168. The molecular weight excluding hydrogens is 764 g/mol. The van der Waals surface area contributed by atoms with E-state index in [1.807, 2.05) is 38.2 Å². The minimum atomic E-state index is -2.54. The zero-order valence-electron chi connectivity index (χ0n) is 33.6. The first-order chi connectivity index (χ1) is 27.0. The number of likely N-dealkylation sites (N-methyl/N-ethyl adjacent to an activating group) is 2. The molecule has 14 nitrogen and oxygen atoms in total. The zero-order chi connectivity index (χ0) is 40.9. The molecule has 0 aromatic carbocycles. The third-order valence-electron chi connectivity index (χ3n) is 10.8. The molecule has 0 amide bonds. The Morgan fingerprint density at radius 2 is 1.14 bits per heavy atom. The van der Waals surface area contributed by atoms with Crippen LogP contribution in [0, 0.1) is 13.8 Å². The highest BCUT2D eigenvalue weighted by atomic mass is 35.5. The van der Waals surface area contributed by atoms with Gasteiger partial charge in [0.05, 0.1) is 11.4 Å². The topological polar surface area (TPSA) is 133 Å². The van der Waals surface area contributed by atoms with E-state index in [4.69, 9.17) is 11.6 Å². The maximum absolute atomic E-state index is 13.5. The van der Waals surface area contributed by atoms with Crippen molar-refractivity contribution in [3.05, 3.63) is 53.2 Å². The van der Waals surface area contributed by atoms with Crippen LogP contribution >= 0.6 is 11.6 Å². The average molecular weight is 819 g/mol.